The lowest BCUT2D eigenvalue weighted by Crippen LogP contribution is -2.53. The molecule has 0 spiro atoms. The molecular weight excluding hydrogens is 324 g/mol. The third-order valence-corrected chi connectivity index (χ3v) is 11.4. The Balaban J connectivity index is 1.87. The van der Waals surface area contributed by atoms with Crippen LogP contribution in [0.2, 0.25) is 12.1 Å². The maximum Gasteiger partial charge on any atom is 0.178 e. The van der Waals surface area contributed by atoms with E-state index >= 15 is 0 Å². The van der Waals surface area contributed by atoms with Gasteiger partial charge in [0.1, 0.15) is 8.07 Å². The Kier molecular flexibility index (Phi) is 4.24. The molecule has 3 aliphatic rings. The number of rotatable bonds is 3. The fourth-order valence-electron chi connectivity index (χ4n) is 4.64. The topological polar surface area (TPSA) is 32.7 Å². The molecule has 0 aromatic heterocycles. The van der Waals surface area contributed by atoms with Gasteiger partial charge in [-0.25, -0.2) is 4.99 Å². The molecule has 3 nitrogen and oxygen atoms in total. The van der Waals surface area contributed by atoms with Crippen molar-refractivity contribution in [1.82, 2.24) is 0 Å². The molecule has 130 valence electrons. The number of ketones is 1. The van der Waals surface area contributed by atoms with Crippen molar-refractivity contribution in [1.29, 1.82) is 0 Å². The van der Waals surface area contributed by atoms with Crippen LogP contribution >= 0.6 is 0 Å². The van der Waals surface area contributed by atoms with Crippen molar-refractivity contribution in [3.05, 3.63) is 41.6 Å². The fraction of sp³-hybridized carbons (Fsp3) is 0.429. The number of fused-ring (bicyclic) bond motifs is 2. The Bertz CT molecular complexity index is 796. The van der Waals surface area contributed by atoms with Gasteiger partial charge >= 0.3 is 0 Å². The second-order valence-corrected chi connectivity index (χ2v) is 12.0. The first-order valence-electron chi connectivity index (χ1n) is 9.60. The van der Waals surface area contributed by atoms with Crippen LogP contribution in [-0.4, -0.2) is 32.7 Å². The third kappa shape index (κ3) is 2.63. The maximum atomic E-state index is 12.1. The summed E-state index contributed by atoms with van der Waals surface area (Å²) in [5.74, 6) is 0.114. The van der Waals surface area contributed by atoms with E-state index in [0.717, 1.165) is 36.6 Å². The third-order valence-electron chi connectivity index (χ3n) is 6.15. The van der Waals surface area contributed by atoms with Gasteiger partial charge in [0.15, 0.2) is 5.78 Å². The highest BCUT2D eigenvalue weighted by Gasteiger charge is 2.43. The smallest absolute Gasteiger partial charge is 0.178 e. The largest absolute Gasteiger partial charge is 0.372 e. The van der Waals surface area contributed by atoms with Gasteiger partial charge in [-0.15, -0.1) is 0 Å². The first kappa shape index (κ1) is 16.5. The Morgan fingerprint density at radius 1 is 1.08 bits per heavy atom. The van der Waals surface area contributed by atoms with Crippen LogP contribution < -0.4 is 10.1 Å². The molecule has 0 amide bonds. The molecule has 0 bridgehead atoms. The van der Waals surface area contributed by atoms with Crippen molar-refractivity contribution in [2.45, 2.75) is 45.2 Å². The summed E-state index contributed by atoms with van der Waals surface area (Å²) in [6.45, 7) is 6.90. The van der Waals surface area contributed by atoms with Crippen LogP contribution in [0.4, 0.5) is 11.4 Å². The molecule has 0 saturated carbocycles. The molecule has 0 atom stereocenters. The van der Waals surface area contributed by atoms with E-state index in [1.165, 1.54) is 35.3 Å². The number of carbonyl (C=O) groups is 1. The summed E-state index contributed by atoms with van der Waals surface area (Å²) in [6, 6.07) is 9.09. The highest BCUT2D eigenvalue weighted by Crippen LogP contribution is 2.37. The number of carbonyl (C=O) groups excluding carboxylic acids is 1. The molecule has 4 rings (SSSR count). The monoisotopic (exact) mass is 350 g/mol. The number of anilines is 1. The SMILES string of the molecule is CC[Si]1(CC)C2=CC(=O)C=CC2=Nc2ccc(N3CCCCC3)cc21. The van der Waals surface area contributed by atoms with E-state index in [0.29, 0.717) is 0 Å². The van der Waals surface area contributed by atoms with Crippen LogP contribution in [0.15, 0.2) is 46.6 Å². The number of hydrogen-bond acceptors (Lipinski definition) is 3. The molecule has 0 N–H and O–H groups in total. The predicted molar refractivity (Wildman–Crippen MR) is 108 cm³/mol. The number of allylic oxidation sites excluding steroid dienone is 4. The summed E-state index contributed by atoms with van der Waals surface area (Å²) < 4.78 is 0. The Labute approximate surface area is 151 Å². The van der Waals surface area contributed by atoms with Crippen molar-refractivity contribution in [2.24, 2.45) is 4.99 Å². The normalized spacial score (nSPS) is 21.4. The maximum absolute atomic E-state index is 12.1. The minimum absolute atomic E-state index is 0.114. The van der Waals surface area contributed by atoms with Gasteiger partial charge < -0.3 is 4.90 Å². The van der Waals surface area contributed by atoms with Crippen molar-refractivity contribution in [2.75, 3.05) is 18.0 Å². The van der Waals surface area contributed by atoms with Crippen LogP contribution in [0.5, 0.6) is 0 Å². The van der Waals surface area contributed by atoms with E-state index in [9.17, 15) is 4.79 Å². The van der Waals surface area contributed by atoms with Gasteiger partial charge in [-0.05, 0) is 66.1 Å². The second kappa shape index (κ2) is 6.41. The van der Waals surface area contributed by atoms with Crippen molar-refractivity contribution in [3.63, 3.8) is 0 Å². The van der Waals surface area contributed by atoms with Crippen LogP contribution in [0.3, 0.4) is 0 Å². The number of nitrogens with zero attached hydrogens (tertiary/aromatic N) is 2. The Morgan fingerprint density at radius 2 is 1.84 bits per heavy atom. The van der Waals surface area contributed by atoms with E-state index in [4.69, 9.17) is 4.99 Å². The molecular formula is C21H26N2OSi. The van der Waals surface area contributed by atoms with Gasteiger partial charge in [0.05, 0.1) is 11.4 Å². The number of benzene rings is 1. The molecule has 1 aromatic rings. The fourth-order valence-corrected chi connectivity index (χ4v) is 9.05. The summed E-state index contributed by atoms with van der Waals surface area (Å²) in [5, 5.41) is 2.67. The quantitative estimate of drug-likeness (QED) is 0.608. The van der Waals surface area contributed by atoms with Gasteiger partial charge in [-0.2, -0.15) is 0 Å². The standard InChI is InChI=1S/C21H26N2OSi/c1-3-25(4-2)20-14-16(23-12-6-5-7-13-23)8-10-18(20)22-19-11-9-17(24)15-21(19)25/h8-11,14-15H,3-7,12-13H2,1-2H3. The molecule has 1 fully saturated rings. The van der Waals surface area contributed by atoms with Gasteiger partial charge in [-0.1, -0.05) is 25.9 Å². The molecule has 1 aromatic carbocycles. The Hall–Kier alpha value is -1.94. The van der Waals surface area contributed by atoms with Crippen LogP contribution in [0.1, 0.15) is 33.1 Å². The molecule has 0 radical (unpaired) electrons. The van der Waals surface area contributed by atoms with Gasteiger partial charge in [0.25, 0.3) is 0 Å². The Morgan fingerprint density at radius 3 is 2.56 bits per heavy atom. The number of aliphatic imine (C=N–C) groups is 1. The van der Waals surface area contributed by atoms with E-state index in [2.05, 4.69) is 36.9 Å². The summed E-state index contributed by atoms with van der Waals surface area (Å²) >= 11 is 0. The van der Waals surface area contributed by atoms with Gasteiger partial charge in [0, 0.05) is 18.8 Å². The van der Waals surface area contributed by atoms with Gasteiger partial charge in [-0.3, -0.25) is 4.79 Å². The minimum atomic E-state index is -1.92. The molecule has 2 aliphatic heterocycles. The molecule has 2 heterocycles. The lowest BCUT2D eigenvalue weighted by molar-refractivity contribution is -0.110. The average Bonchev–Trinajstić information content (AvgIpc) is 2.67. The lowest BCUT2D eigenvalue weighted by atomic mass is 10.1. The summed E-state index contributed by atoms with van der Waals surface area (Å²) in [5.41, 5.74) is 3.49. The molecule has 4 heteroatoms. The van der Waals surface area contributed by atoms with E-state index in [-0.39, 0.29) is 5.78 Å². The minimum Gasteiger partial charge on any atom is -0.372 e. The van der Waals surface area contributed by atoms with Gasteiger partial charge in [0.2, 0.25) is 0 Å². The first-order chi connectivity index (χ1) is 12.2. The van der Waals surface area contributed by atoms with E-state index in [1.807, 2.05) is 12.2 Å². The zero-order valence-corrected chi connectivity index (χ0v) is 16.2. The van der Waals surface area contributed by atoms with E-state index < -0.39 is 8.07 Å². The highest BCUT2D eigenvalue weighted by atomic mass is 28.3. The van der Waals surface area contributed by atoms with Crippen LogP contribution in [0.25, 0.3) is 0 Å². The number of hydrogen-bond donors (Lipinski definition) is 0. The lowest BCUT2D eigenvalue weighted by Gasteiger charge is -2.39. The molecule has 25 heavy (non-hydrogen) atoms. The second-order valence-electron chi connectivity index (χ2n) is 7.33. The average molecular weight is 351 g/mol. The summed E-state index contributed by atoms with van der Waals surface area (Å²) in [6.07, 6.45) is 9.36. The molecule has 1 saturated heterocycles. The van der Waals surface area contributed by atoms with Crippen molar-refractivity contribution in [3.8, 4) is 0 Å². The molecule has 1 aliphatic carbocycles. The zero-order chi connectivity index (χ0) is 17.4. The first-order valence-corrected chi connectivity index (χ1v) is 12.0. The van der Waals surface area contributed by atoms with Crippen molar-refractivity contribution >= 4 is 36.1 Å². The predicted octanol–water partition coefficient (Wildman–Crippen LogP) is 4.06. The highest BCUT2D eigenvalue weighted by molar-refractivity contribution is 7.02. The zero-order valence-electron chi connectivity index (χ0n) is 15.2. The van der Waals surface area contributed by atoms with Crippen LogP contribution in [0, 0.1) is 0 Å². The van der Waals surface area contributed by atoms with Crippen LogP contribution in [-0.2, 0) is 4.79 Å². The van der Waals surface area contributed by atoms with E-state index in [1.54, 1.807) is 6.08 Å². The van der Waals surface area contributed by atoms with Crippen molar-refractivity contribution < 1.29 is 4.79 Å². The summed E-state index contributed by atoms with van der Waals surface area (Å²) in [4.78, 5) is 19.5. The molecule has 0 unspecified atom stereocenters. The summed E-state index contributed by atoms with van der Waals surface area (Å²) in [7, 11) is -1.92. The number of piperidine rings is 1.